The number of rotatable bonds is 5. The van der Waals surface area contributed by atoms with Crippen LogP contribution in [0.2, 0.25) is 0 Å². The fourth-order valence-corrected chi connectivity index (χ4v) is 4.39. The van der Waals surface area contributed by atoms with E-state index in [-0.39, 0.29) is 17.0 Å². The Balaban J connectivity index is 2.00. The first-order chi connectivity index (χ1) is 10.0. The third kappa shape index (κ3) is 3.95. The Morgan fingerprint density at radius 3 is 2.62 bits per heavy atom. The molecule has 0 bridgehead atoms. The molecule has 1 aromatic carbocycles. The van der Waals surface area contributed by atoms with Crippen molar-refractivity contribution >= 4 is 35.4 Å². The molecule has 0 aromatic heterocycles. The van der Waals surface area contributed by atoms with E-state index in [0.29, 0.717) is 5.75 Å². The van der Waals surface area contributed by atoms with Gasteiger partial charge in [-0.15, -0.1) is 23.5 Å². The monoisotopic (exact) mass is 325 g/mol. The quantitative estimate of drug-likeness (QED) is 0.844. The molecule has 1 aliphatic rings. The molecule has 1 aliphatic heterocycles. The number of aliphatic carboxylic acids is 1. The van der Waals surface area contributed by atoms with Crippen molar-refractivity contribution in [3.8, 4) is 0 Å². The van der Waals surface area contributed by atoms with E-state index in [2.05, 4.69) is 0 Å². The summed E-state index contributed by atoms with van der Waals surface area (Å²) in [7, 11) is 0. The SMILES string of the molecule is CCC1SCC(C(=O)O)N1C(=O)CSc1ccc(C)cc1. The van der Waals surface area contributed by atoms with Gasteiger partial charge in [0.2, 0.25) is 5.91 Å². The Bertz CT molecular complexity index is 518. The van der Waals surface area contributed by atoms with Gasteiger partial charge < -0.3 is 10.0 Å². The first-order valence-electron chi connectivity index (χ1n) is 6.88. The zero-order chi connectivity index (χ0) is 15.4. The van der Waals surface area contributed by atoms with Gasteiger partial charge in [-0.3, -0.25) is 4.79 Å². The number of hydrogen-bond donors (Lipinski definition) is 1. The van der Waals surface area contributed by atoms with E-state index in [1.165, 1.54) is 17.3 Å². The summed E-state index contributed by atoms with van der Waals surface area (Å²) in [6.45, 7) is 4.00. The number of hydrogen-bond acceptors (Lipinski definition) is 4. The van der Waals surface area contributed by atoms with Gasteiger partial charge in [-0.05, 0) is 25.5 Å². The van der Waals surface area contributed by atoms with Crippen molar-refractivity contribution in [2.24, 2.45) is 0 Å². The standard InChI is InChI=1S/C15H19NO3S2/c1-3-14-16(12(8-21-14)15(18)19)13(17)9-20-11-6-4-10(2)5-7-11/h4-7,12,14H,3,8-9H2,1-2H3,(H,18,19). The van der Waals surface area contributed by atoms with Crippen LogP contribution in [0.1, 0.15) is 18.9 Å². The van der Waals surface area contributed by atoms with E-state index < -0.39 is 12.0 Å². The molecule has 4 nitrogen and oxygen atoms in total. The zero-order valence-corrected chi connectivity index (χ0v) is 13.7. The predicted molar refractivity (Wildman–Crippen MR) is 86.7 cm³/mol. The first-order valence-corrected chi connectivity index (χ1v) is 8.91. The van der Waals surface area contributed by atoms with Crippen molar-refractivity contribution in [3.63, 3.8) is 0 Å². The topological polar surface area (TPSA) is 57.6 Å². The maximum atomic E-state index is 12.4. The van der Waals surface area contributed by atoms with Crippen LogP contribution >= 0.6 is 23.5 Å². The van der Waals surface area contributed by atoms with Crippen LogP contribution in [0.15, 0.2) is 29.2 Å². The lowest BCUT2D eigenvalue weighted by Gasteiger charge is -2.26. The third-order valence-corrected chi connectivity index (χ3v) is 5.85. The van der Waals surface area contributed by atoms with E-state index in [0.717, 1.165) is 11.3 Å². The minimum Gasteiger partial charge on any atom is -0.480 e. The highest BCUT2D eigenvalue weighted by Crippen LogP contribution is 2.32. The Morgan fingerprint density at radius 2 is 2.05 bits per heavy atom. The van der Waals surface area contributed by atoms with Crippen LogP contribution < -0.4 is 0 Å². The number of benzene rings is 1. The average molecular weight is 325 g/mol. The summed E-state index contributed by atoms with van der Waals surface area (Å²) in [5.41, 5.74) is 1.18. The molecule has 6 heteroatoms. The second kappa shape index (κ2) is 7.22. The van der Waals surface area contributed by atoms with Crippen LogP contribution in [-0.2, 0) is 9.59 Å². The highest BCUT2D eigenvalue weighted by molar-refractivity contribution is 8.00. The van der Waals surface area contributed by atoms with E-state index in [9.17, 15) is 14.7 Å². The molecular weight excluding hydrogens is 306 g/mol. The van der Waals surface area contributed by atoms with Crippen molar-refractivity contribution < 1.29 is 14.7 Å². The van der Waals surface area contributed by atoms with Gasteiger partial charge in [-0.1, -0.05) is 24.6 Å². The summed E-state index contributed by atoms with van der Waals surface area (Å²) in [5.74, 6) is -0.240. The van der Waals surface area contributed by atoms with Crippen molar-refractivity contribution in [3.05, 3.63) is 29.8 Å². The number of carboxylic acids is 1. The van der Waals surface area contributed by atoms with Crippen molar-refractivity contribution in [2.75, 3.05) is 11.5 Å². The van der Waals surface area contributed by atoms with E-state index in [4.69, 9.17) is 0 Å². The predicted octanol–water partition coefficient (Wildman–Crippen LogP) is 2.85. The Labute approximate surface area is 133 Å². The lowest BCUT2D eigenvalue weighted by molar-refractivity contribution is -0.148. The normalized spacial score (nSPS) is 21.5. The molecule has 2 unspecified atom stereocenters. The molecule has 2 atom stereocenters. The Hall–Kier alpha value is -1.14. The van der Waals surface area contributed by atoms with Gasteiger partial charge in [0, 0.05) is 10.6 Å². The largest absolute Gasteiger partial charge is 0.480 e. The van der Waals surface area contributed by atoms with Crippen molar-refractivity contribution in [2.45, 2.75) is 36.6 Å². The molecule has 0 saturated carbocycles. The maximum Gasteiger partial charge on any atom is 0.327 e. The van der Waals surface area contributed by atoms with Gasteiger partial charge >= 0.3 is 5.97 Å². The Kier molecular flexibility index (Phi) is 5.58. The number of carbonyl (C=O) groups excluding carboxylic acids is 1. The molecule has 1 N–H and O–H groups in total. The molecule has 1 amide bonds. The van der Waals surface area contributed by atoms with E-state index in [1.807, 2.05) is 38.1 Å². The minimum atomic E-state index is -0.910. The molecule has 21 heavy (non-hydrogen) atoms. The van der Waals surface area contributed by atoms with E-state index >= 15 is 0 Å². The number of carbonyl (C=O) groups is 2. The average Bonchev–Trinajstić information content (AvgIpc) is 2.90. The summed E-state index contributed by atoms with van der Waals surface area (Å²) in [4.78, 5) is 26.3. The smallest absolute Gasteiger partial charge is 0.327 e. The summed E-state index contributed by atoms with van der Waals surface area (Å²) in [6.07, 6.45) is 0.773. The highest BCUT2D eigenvalue weighted by Gasteiger charge is 2.40. The fourth-order valence-electron chi connectivity index (χ4n) is 2.26. The first kappa shape index (κ1) is 16.2. The van der Waals surface area contributed by atoms with Gasteiger partial charge in [0.1, 0.15) is 6.04 Å². The van der Waals surface area contributed by atoms with Crippen LogP contribution in [0.5, 0.6) is 0 Å². The van der Waals surface area contributed by atoms with Crippen LogP contribution in [0.25, 0.3) is 0 Å². The van der Waals surface area contributed by atoms with E-state index in [1.54, 1.807) is 16.7 Å². The second-order valence-corrected chi connectivity index (χ2v) is 7.21. The zero-order valence-electron chi connectivity index (χ0n) is 12.1. The van der Waals surface area contributed by atoms with Gasteiger partial charge in [0.05, 0.1) is 11.1 Å². The van der Waals surface area contributed by atoms with Gasteiger partial charge in [-0.25, -0.2) is 4.79 Å². The van der Waals surface area contributed by atoms with Crippen molar-refractivity contribution in [1.82, 2.24) is 4.90 Å². The highest BCUT2D eigenvalue weighted by atomic mass is 32.2. The van der Waals surface area contributed by atoms with Crippen LogP contribution in [0, 0.1) is 6.92 Å². The summed E-state index contributed by atoms with van der Waals surface area (Å²) in [6, 6.07) is 7.29. The van der Waals surface area contributed by atoms with Crippen LogP contribution in [0.3, 0.4) is 0 Å². The third-order valence-electron chi connectivity index (χ3n) is 3.40. The second-order valence-electron chi connectivity index (χ2n) is 4.95. The van der Waals surface area contributed by atoms with Crippen LogP contribution in [0.4, 0.5) is 0 Å². The molecule has 1 heterocycles. The lowest BCUT2D eigenvalue weighted by Crippen LogP contribution is -2.46. The molecule has 0 aliphatic carbocycles. The van der Waals surface area contributed by atoms with Crippen LogP contribution in [-0.4, -0.2) is 44.8 Å². The summed E-state index contributed by atoms with van der Waals surface area (Å²) < 4.78 is 0. The molecule has 0 radical (unpaired) electrons. The number of aryl methyl sites for hydroxylation is 1. The molecular formula is C15H19NO3S2. The number of thioether (sulfide) groups is 2. The summed E-state index contributed by atoms with van der Waals surface area (Å²) in [5, 5.41) is 9.23. The molecule has 1 aromatic rings. The number of amides is 1. The summed E-state index contributed by atoms with van der Waals surface area (Å²) >= 11 is 3.01. The fraction of sp³-hybridized carbons (Fsp3) is 0.467. The maximum absolute atomic E-state index is 12.4. The molecule has 0 spiro atoms. The minimum absolute atomic E-state index is 0.0165. The van der Waals surface area contributed by atoms with Gasteiger partial charge in [0.25, 0.3) is 0 Å². The van der Waals surface area contributed by atoms with Crippen molar-refractivity contribution in [1.29, 1.82) is 0 Å². The number of nitrogens with zero attached hydrogens (tertiary/aromatic N) is 1. The van der Waals surface area contributed by atoms with Gasteiger partial charge in [-0.2, -0.15) is 0 Å². The lowest BCUT2D eigenvalue weighted by atomic mass is 10.2. The molecule has 1 fully saturated rings. The molecule has 2 rings (SSSR count). The molecule has 1 saturated heterocycles. The molecule has 114 valence electrons. The van der Waals surface area contributed by atoms with Gasteiger partial charge in [0.15, 0.2) is 0 Å². The number of carboxylic acid groups (broad SMARTS) is 1. The Morgan fingerprint density at radius 1 is 1.38 bits per heavy atom.